The number of halogens is 1. The van der Waals surface area contributed by atoms with Crippen LogP contribution in [0.2, 0.25) is 0 Å². The molecular weight excluding hydrogens is 443 g/mol. The average Bonchev–Trinajstić information content (AvgIpc) is 3.30. The number of carbonyl (C=O) groups excluding carboxylic acids is 3. The van der Waals surface area contributed by atoms with Crippen molar-refractivity contribution in [1.29, 1.82) is 0 Å². The van der Waals surface area contributed by atoms with Crippen LogP contribution in [0, 0.1) is 18.7 Å². The molecule has 0 fully saturated rings. The molecule has 0 bridgehead atoms. The van der Waals surface area contributed by atoms with E-state index in [9.17, 15) is 18.8 Å². The molecule has 9 nitrogen and oxygen atoms in total. The van der Waals surface area contributed by atoms with Gasteiger partial charge in [-0.2, -0.15) is 0 Å². The fourth-order valence-electron chi connectivity index (χ4n) is 3.09. The number of aryl methyl sites for hydroxylation is 1. The number of amides is 3. The van der Waals surface area contributed by atoms with Crippen LogP contribution in [-0.4, -0.2) is 36.2 Å². The van der Waals surface area contributed by atoms with Crippen molar-refractivity contribution in [3.63, 3.8) is 0 Å². The lowest BCUT2D eigenvalue weighted by Gasteiger charge is -2.18. The first-order valence-corrected chi connectivity index (χ1v) is 10.5. The Kier molecular flexibility index (Phi) is 7.62. The quantitative estimate of drug-likeness (QED) is 0.443. The molecule has 10 heteroatoms. The fraction of sp³-hybridized carbons (Fsp3) is 0.250. The summed E-state index contributed by atoms with van der Waals surface area (Å²) in [6, 6.07) is 10.9. The number of hydrogen-bond donors (Lipinski definition) is 3. The molecule has 34 heavy (non-hydrogen) atoms. The molecule has 0 aliphatic rings. The Morgan fingerprint density at radius 1 is 1.03 bits per heavy atom. The standard InChI is InChI=1S/C24H25FN4O5/c1-13(2)21(23(31)33-4)28-22(30)20-12-19(29-34-20)15-6-9-17(10-7-15)26-24(32)27-18-11-16(25)8-5-14(18)3/h5-13,21H,1-4H3,(H,28,30)(H2,26,27,32). The first-order chi connectivity index (χ1) is 16.2. The van der Waals surface area contributed by atoms with Crippen LogP contribution < -0.4 is 16.0 Å². The molecule has 3 amide bonds. The maximum Gasteiger partial charge on any atom is 0.328 e. The molecule has 0 aliphatic carbocycles. The number of carbonyl (C=O) groups is 3. The highest BCUT2D eigenvalue weighted by molar-refractivity contribution is 6.00. The first-order valence-electron chi connectivity index (χ1n) is 10.5. The van der Waals surface area contributed by atoms with Crippen LogP contribution in [0.25, 0.3) is 11.3 Å². The van der Waals surface area contributed by atoms with Crippen molar-refractivity contribution in [3.05, 3.63) is 65.7 Å². The molecule has 3 rings (SSSR count). The van der Waals surface area contributed by atoms with E-state index >= 15 is 0 Å². The van der Waals surface area contributed by atoms with Gasteiger partial charge in [0.2, 0.25) is 5.76 Å². The summed E-state index contributed by atoms with van der Waals surface area (Å²) in [5.41, 5.74) is 2.63. The van der Waals surface area contributed by atoms with E-state index in [1.54, 1.807) is 51.1 Å². The Morgan fingerprint density at radius 2 is 1.74 bits per heavy atom. The molecule has 1 unspecified atom stereocenters. The third-order valence-corrected chi connectivity index (χ3v) is 5.03. The van der Waals surface area contributed by atoms with E-state index in [-0.39, 0.29) is 11.7 Å². The second kappa shape index (κ2) is 10.6. The van der Waals surface area contributed by atoms with Crippen molar-refractivity contribution < 1.29 is 28.0 Å². The summed E-state index contributed by atoms with van der Waals surface area (Å²) in [5, 5.41) is 11.7. The zero-order valence-electron chi connectivity index (χ0n) is 19.1. The monoisotopic (exact) mass is 468 g/mol. The van der Waals surface area contributed by atoms with Crippen molar-refractivity contribution in [3.8, 4) is 11.3 Å². The summed E-state index contributed by atoms with van der Waals surface area (Å²) in [7, 11) is 1.25. The molecule has 1 aromatic heterocycles. The Labute approximate surface area is 195 Å². The van der Waals surface area contributed by atoms with Crippen molar-refractivity contribution >= 4 is 29.3 Å². The summed E-state index contributed by atoms with van der Waals surface area (Å²) < 4.78 is 23.2. The minimum absolute atomic E-state index is 0.0587. The molecule has 0 spiro atoms. The van der Waals surface area contributed by atoms with Gasteiger partial charge < -0.3 is 25.2 Å². The molecule has 3 aromatic rings. The van der Waals surface area contributed by atoms with Crippen LogP contribution in [-0.2, 0) is 9.53 Å². The van der Waals surface area contributed by atoms with Gasteiger partial charge in [0.15, 0.2) is 0 Å². The van der Waals surface area contributed by atoms with Crippen LogP contribution >= 0.6 is 0 Å². The number of aromatic nitrogens is 1. The zero-order valence-corrected chi connectivity index (χ0v) is 19.1. The van der Waals surface area contributed by atoms with Gasteiger partial charge >= 0.3 is 12.0 Å². The van der Waals surface area contributed by atoms with Gasteiger partial charge in [0, 0.05) is 23.0 Å². The summed E-state index contributed by atoms with van der Waals surface area (Å²) in [4.78, 5) is 36.6. The smallest absolute Gasteiger partial charge is 0.328 e. The molecule has 3 N–H and O–H groups in total. The third kappa shape index (κ3) is 5.97. The van der Waals surface area contributed by atoms with Gasteiger partial charge in [-0.15, -0.1) is 0 Å². The minimum atomic E-state index is -0.821. The molecular formula is C24H25FN4O5. The molecule has 0 radical (unpaired) electrons. The lowest BCUT2D eigenvalue weighted by molar-refractivity contribution is -0.144. The largest absolute Gasteiger partial charge is 0.467 e. The van der Waals surface area contributed by atoms with Crippen molar-refractivity contribution in [2.45, 2.75) is 26.8 Å². The maximum atomic E-state index is 13.4. The lowest BCUT2D eigenvalue weighted by atomic mass is 10.0. The molecule has 2 aromatic carbocycles. The van der Waals surface area contributed by atoms with E-state index in [2.05, 4.69) is 21.1 Å². The summed E-state index contributed by atoms with van der Waals surface area (Å²) in [5.74, 6) is -1.83. The topological polar surface area (TPSA) is 123 Å². The normalized spacial score (nSPS) is 11.6. The fourth-order valence-corrected chi connectivity index (χ4v) is 3.09. The lowest BCUT2D eigenvalue weighted by Crippen LogP contribution is -2.44. The number of hydrogen-bond acceptors (Lipinski definition) is 6. The van der Waals surface area contributed by atoms with Crippen molar-refractivity contribution in [2.24, 2.45) is 5.92 Å². The van der Waals surface area contributed by atoms with Crippen LogP contribution in [0.5, 0.6) is 0 Å². The number of esters is 1. The Balaban J connectivity index is 1.64. The highest BCUT2D eigenvalue weighted by Gasteiger charge is 2.27. The van der Waals surface area contributed by atoms with Crippen LogP contribution in [0.1, 0.15) is 30.0 Å². The van der Waals surface area contributed by atoms with Gasteiger partial charge in [-0.05, 0) is 42.7 Å². The second-order valence-electron chi connectivity index (χ2n) is 7.91. The average molecular weight is 468 g/mol. The number of ether oxygens (including phenoxy) is 1. The number of anilines is 2. The van der Waals surface area contributed by atoms with Crippen molar-refractivity contribution in [2.75, 3.05) is 17.7 Å². The molecule has 0 saturated heterocycles. The second-order valence-corrected chi connectivity index (χ2v) is 7.91. The van der Waals surface area contributed by atoms with Crippen molar-refractivity contribution in [1.82, 2.24) is 10.5 Å². The van der Waals surface area contributed by atoms with Gasteiger partial charge in [-0.3, -0.25) is 4.79 Å². The highest BCUT2D eigenvalue weighted by Crippen LogP contribution is 2.22. The van der Waals surface area contributed by atoms with Crippen LogP contribution in [0.3, 0.4) is 0 Å². The van der Waals surface area contributed by atoms with E-state index in [4.69, 9.17) is 9.26 Å². The van der Waals surface area contributed by atoms with Gasteiger partial charge in [0.25, 0.3) is 5.91 Å². The maximum absolute atomic E-state index is 13.4. The number of nitrogens with one attached hydrogen (secondary N) is 3. The molecule has 0 aliphatic heterocycles. The van der Waals surface area contributed by atoms with E-state index < -0.39 is 29.8 Å². The Bertz CT molecular complexity index is 1190. The summed E-state index contributed by atoms with van der Waals surface area (Å²) >= 11 is 0. The van der Waals surface area contributed by atoms with Crippen LogP contribution in [0.4, 0.5) is 20.6 Å². The van der Waals surface area contributed by atoms with E-state index in [1.165, 1.54) is 25.3 Å². The van der Waals surface area contributed by atoms with Gasteiger partial charge in [0.05, 0.1) is 7.11 Å². The summed E-state index contributed by atoms with van der Waals surface area (Å²) in [6.45, 7) is 5.32. The molecule has 178 valence electrons. The minimum Gasteiger partial charge on any atom is -0.467 e. The number of benzene rings is 2. The molecule has 1 atom stereocenters. The van der Waals surface area contributed by atoms with Gasteiger partial charge in [-0.25, -0.2) is 14.0 Å². The number of rotatable bonds is 7. The number of urea groups is 1. The van der Waals surface area contributed by atoms with E-state index in [0.29, 0.717) is 22.6 Å². The third-order valence-electron chi connectivity index (χ3n) is 5.03. The van der Waals surface area contributed by atoms with Gasteiger partial charge in [-0.1, -0.05) is 37.2 Å². The number of methoxy groups -OCH3 is 1. The first kappa shape index (κ1) is 24.4. The molecule has 0 saturated carbocycles. The Hall–Kier alpha value is -4.21. The van der Waals surface area contributed by atoms with Gasteiger partial charge in [0.1, 0.15) is 17.6 Å². The van der Waals surface area contributed by atoms with E-state index in [0.717, 1.165) is 5.56 Å². The van der Waals surface area contributed by atoms with Crippen LogP contribution in [0.15, 0.2) is 53.1 Å². The Morgan fingerprint density at radius 3 is 2.38 bits per heavy atom. The van der Waals surface area contributed by atoms with E-state index in [1.807, 2.05) is 0 Å². The summed E-state index contributed by atoms with van der Waals surface area (Å²) in [6.07, 6.45) is 0. The predicted octanol–water partition coefficient (Wildman–Crippen LogP) is 4.36. The molecule has 1 heterocycles. The highest BCUT2D eigenvalue weighted by atomic mass is 19.1. The SMILES string of the molecule is COC(=O)C(NC(=O)c1cc(-c2ccc(NC(=O)Nc3cc(F)ccc3C)cc2)no1)C(C)C. The number of nitrogens with zero attached hydrogens (tertiary/aromatic N) is 1. The zero-order chi connectivity index (χ0) is 24.8. The predicted molar refractivity (Wildman–Crippen MR) is 124 cm³/mol.